The molecule has 4 heterocycles. The number of piperazine rings is 1. The number of ether oxygens (including phenoxy) is 2. The number of amides is 2. The Morgan fingerprint density at radius 3 is 2.71 bits per heavy atom. The minimum atomic E-state index is -0.838. The van der Waals surface area contributed by atoms with Gasteiger partial charge < -0.3 is 24.6 Å². The second-order valence-corrected chi connectivity index (χ2v) is 12.0. The molecule has 0 saturated carbocycles. The van der Waals surface area contributed by atoms with Crippen LogP contribution in [0.3, 0.4) is 0 Å². The molecule has 45 heavy (non-hydrogen) atoms. The zero-order valence-electron chi connectivity index (χ0n) is 24.6. The van der Waals surface area contributed by atoms with Crippen LogP contribution in [0.15, 0.2) is 70.3 Å². The first-order valence-electron chi connectivity index (χ1n) is 14.3. The maximum absolute atomic E-state index is 14.0. The zero-order chi connectivity index (χ0) is 31.5. The third-order valence-electron chi connectivity index (χ3n) is 7.91. The SMILES string of the molecule is COC(=O)C1=C(CN2CCN3C(=O)N(CC#Cc4ccc(OC)cc4)C[C@@H]3C2)NC(c2nccs2)=N[C@H]1c1ccc(F)cc1Cl. The van der Waals surface area contributed by atoms with Gasteiger partial charge in [0.25, 0.3) is 0 Å². The van der Waals surface area contributed by atoms with Gasteiger partial charge in [0.15, 0.2) is 10.8 Å². The maximum atomic E-state index is 14.0. The number of rotatable bonds is 7. The van der Waals surface area contributed by atoms with Gasteiger partial charge in [0.05, 0.1) is 32.4 Å². The topological polar surface area (TPSA) is 99.6 Å². The van der Waals surface area contributed by atoms with Gasteiger partial charge in [-0.3, -0.25) is 9.89 Å². The van der Waals surface area contributed by atoms with Crippen LogP contribution in [0.4, 0.5) is 9.18 Å². The van der Waals surface area contributed by atoms with Crippen LogP contribution in [0.2, 0.25) is 5.02 Å². The summed E-state index contributed by atoms with van der Waals surface area (Å²) in [5, 5.41) is 5.95. The number of aromatic nitrogens is 1. The first-order chi connectivity index (χ1) is 21.8. The molecule has 2 aromatic carbocycles. The Kier molecular flexibility index (Phi) is 9.02. The van der Waals surface area contributed by atoms with Crippen LogP contribution in [0.5, 0.6) is 5.75 Å². The molecule has 0 aliphatic carbocycles. The molecule has 2 saturated heterocycles. The number of urea groups is 1. The lowest BCUT2D eigenvalue weighted by Gasteiger charge is -2.38. The lowest BCUT2D eigenvalue weighted by Crippen LogP contribution is -2.53. The number of esters is 1. The third kappa shape index (κ3) is 6.51. The standard InChI is InChI=1S/C32H30ClFN6O4S/c1-43-23-8-5-20(6-9-23)4-3-12-39-18-22-17-38(13-14-40(22)32(39)42)19-26-27(31(41)44-2)28(24-10-7-21(34)16-25(24)33)37-29(36-26)30-35-11-15-45-30/h5-11,15-16,22,28H,12-14,17-19H2,1-2H3,(H,36,37)/t22-,28-/m0/s1. The van der Waals surface area contributed by atoms with Gasteiger partial charge in [-0.1, -0.05) is 29.5 Å². The van der Waals surface area contributed by atoms with E-state index in [9.17, 15) is 14.0 Å². The highest BCUT2D eigenvalue weighted by Gasteiger charge is 2.41. The van der Waals surface area contributed by atoms with Crippen molar-refractivity contribution >= 4 is 40.8 Å². The highest BCUT2D eigenvalue weighted by Crippen LogP contribution is 2.37. The highest BCUT2D eigenvalue weighted by atomic mass is 35.5. The van der Waals surface area contributed by atoms with Crippen molar-refractivity contribution in [3.8, 4) is 17.6 Å². The van der Waals surface area contributed by atoms with Gasteiger partial charge in [-0.25, -0.2) is 19.0 Å². The van der Waals surface area contributed by atoms with Crippen LogP contribution < -0.4 is 10.1 Å². The Bertz CT molecular complexity index is 1720. The van der Waals surface area contributed by atoms with E-state index >= 15 is 0 Å². The first kappa shape index (κ1) is 30.6. The van der Waals surface area contributed by atoms with Crippen molar-refractivity contribution in [3.05, 3.63) is 92.3 Å². The number of methoxy groups -OCH3 is 2. The lowest BCUT2D eigenvalue weighted by atomic mass is 9.95. The van der Waals surface area contributed by atoms with Crippen LogP contribution in [0, 0.1) is 17.7 Å². The fourth-order valence-corrected chi connectivity index (χ4v) is 6.58. The fourth-order valence-electron chi connectivity index (χ4n) is 5.72. The Balaban J connectivity index is 1.21. The summed E-state index contributed by atoms with van der Waals surface area (Å²) in [4.78, 5) is 41.5. The molecule has 0 bridgehead atoms. The minimum Gasteiger partial charge on any atom is -0.497 e. The molecule has 3 aliphatic heterocycles. The number of thiazole rings is 1. The van der Waals surface area contributed by atoms with Crippen molar-refractivity contribution in [2.75, 3.05) is 53.5 Å². The van der Waals surface area contributed by atoms with Crippen LogP contribution in [-0.2, 0) is 9.53 Å². The van der Waals surface area contributed by atoms with Crippen LogP contribution in [-0.4, -0.2) is 97.0 Å². The Morgan fingerprint density at radius 1 is 1.18 bits per heavy atom. The van der Waals surface area contributed by atoms with Gasteiger partial charge in [0.2, 0.25) is 0 Å². The Hall–Kier alpha value is -4.44. The summed E-state index contributed by atoms with van der Waals surface area (Å²) < 4.78 is 24.4. The second kappa shape index (κ2) is 13.3. The van der Waals surface area contributed by atoms with Gasteiger partial charge in [-0.05, 0) is 36.4 Å². The molecule has 0 radical (unpaired) electrons. The van der Waals surface area contributed by atoms with Crippen molar-refractivity contribution in [1.29, 1.82) is 0 Å². The van der Waals surface area contributed by atoms with E-state index in [-0.39, 0.29) is 22.7 Å². The van der Waals surface area contributed by atoms with E-state index in [1.807, 2.05) is 34.5 Å². The van der Waals surface area contributed by atoms with Crippen LogP contribution in [0.25, 0.3) is 0 Å². The minimum absolute atomic E-state index is 0.0295. The third-order valence-corrected chi connectivity index (χ3v) is 9.02. The molecule has 3 aliphatic rings. The maximum Gasteiger partial charge on any atom is 0.338 e. The molecule has 0 spiro atoms. The van der Waals surface area contributed by atoms with E-state index in [1.54, 1.807) is 18.2 Å². The molecule has 2 atom stereocenters. The lowest BCUT2D eigenvalue weighted by molar-refractivity contribution is -0.136. The molecule has 0 unspecified atom stereocenters. The van der Waals surface area contributed by atoms with Gasteiger partial charge >= 0.3 is 12.0 Å². The molecule has 232 valence electrons. The van der Waals surface area contributed by atoms with Crippen LogP contribution >= 0.6 is 22.9 Å². The van der Waals surface area contributed by atoms with Crippen molar-refractivity contribution in [1.82, 2.24) is 25.0 Å². The average Bonchev–Trinajstić information content (AvgIpc) is 3.69. The number of hydrogen-bond acceptors (Lipinski definition) is 9. The molecule has 1 aromatic heterocycles. The molecular formula is C32H30ClFN6O4S. The summed E-state index contributed by atoms with van der Waals surface area (Å²) >= 11 is 7.88. The van der Waals surface area contributed by atoms with E-state index < -0.39 is 17.8 Å². The van der Waals surface area contributed by atoms with Crippen LogP contribution in [0.1, 0.15) is 22.2 Å². The van der Waals surface area contributed by atoms with E-state index in [4.69, 9.17) is 26.1 Å². The van der Waals surface area contributed by atoms with Gasteiger partial charge in [0.1, 0.15) is 17.6 Å². The van der Waals surface area contributed by atoms with Crippen molar-refractivity contribution in [3.63, 3.8) is 0 Å². The van der Waals surface area contributed by atoms with E-state index in [1.165, 1.54) is 36.6 Å². The van der Waals surface area contributed by atoms with E-state index in [0.717, 1.165) is 11.3 Å². The predicted octanol–water partition coefficient (Wildman–Crippen LogP) is 3.94. The average molecular weight is 649 g/mol. The number of benzene rings is 2. The number of amidine groups is 1. The van der Waals surface area contributed by atoms with Gasteiger partial charge in [-0.2, -0.15) is 0 Å². The number of nitrogens with zero attached hydrogens (tertiary/aromatic N) is 5. The van der Waals surface area contributed by atoms with Gasteiger partial charge in [-0.15, -0.1) is 11.3 Å². The summed E-state index contributed by atoms with van der Waals surface area (Å²) in [6.07, 6.45) is 1.67. The second-order valence-electron chi connectivity index (χ2n) is 10.7. The predicted molar refractivity (Wildman–Crippen MR) is 169 cm³/mol. The Labute approximate surface area is 269 Å². The number of fused-ring (bicyclic) bond motifs is 1. The Morgan fingerprint density at radius 2 is 2.00 bits per heavy atom. The normalized spacial score (nSPS) is 19.8. The number of aliphatic imine (C=N–C) groups is 1. The molecule has 6 rings (SSSR count). The zero-order valence-corrected chi connectivity index (χ0v) is 26.2. The quantitative estimate of drug-likeness (QED) is 0.306. The highest BCUT2D eigenvalue weighted by molar-refractivity contribution is 7.11. The molecule has 13 heteroatoms. The number of nitrogens with one attached hydrogen (secondary N) is 1. The molecule has 10 nitrogen and oxygen atoms in total. The van der Waals surface area contributed by atoms with Crippen molar-refractivity contribution < 1.29 is 23.5 Å². The molecule has 2 fully saturated rings. The first-order valence-corrected chi connectivity index (χ1v) is 15.5. The molecule has 2 amide bonds. The fraction of sp³-hybridized carbons (Fsp3) is 0.312. The summed E-state index contributed by atoms with van der Waals surface area (Å²) in [5.41, 5.74) is 2.20. The van der Waals surface area contributed by atoms with Crippen molar-refractivity contribution in [2.45, 2.75) is 12.1 Å². The monoisotopic (exact) mass is 648 g/mol. The number of halogens is 2. The van der Waals surface area contributed by atoms with Crippen molar-refractivity contribution in [2.24, 2.45) is 4.99 Å². The van der Waals surface area contributed by atoms with E-state index in [0.29, 0.717) is 61.4 Å². The summed E-state index contributed by atoms with van der Waals surface area (Å²) in [6.45, 7) is 2.96. The number of carbonyl (C=O) groups excluding carboxylic acids is 2. The summed E-state index contributed by atoms with van der Waals surface area (Å²) in [5.74, 6) is 6.42. The largest absolute Gasteiger partial charge is 0.497 e. The smallest absolute Gasteiger partial charge is 0.338 e. The summed E-state index contributed by atoms with van der Waals surface area (Å²) in [7, 11) is 2.93. The van der Waals surface area contributed by atoms with E-state index in [2.05, 4.69) is 27.0 Å². The van der Waals surface area contributed by atoms with Gasteiger partial charge in [0, 0.05) is 66.1 Å². The molecule has 3 aromatic rings. The number of carbonyl (C=O) groups is 2. The summed E-state index contributed by atoms with van der Waals surface area (Å²) in [6, 6.07) is 10.6. The molecule has 1 N–H and O–H groups in total. The number of hydrogen-bond donors (Lipinski definition) is 1. The molecular weight excluding hydrogens is 619 g/mol.